The average Bonchev–Trinajstić information content (AvgIpc) is 3.42. The van der Waals surface area contributed by atoms with Crippen LogP contribution in [-0.4, -0.2) is 42.8 Å². The molecule has 1 aliphatic rings. The van der Waals surface area contributed by atoms with Gasteiger partial charge in [0.15, 0.2) is 17.3 Å². The van der Waals surface area contributed by atoms with Crippen molar-refractivity contribution in [1.29, 1.82) is 0 Å². The molecule has 0 aliphatic carbocycles. The van der Waals surface area contributed by atoms with Crippen molar-refractivity contribution in [3.8, 4) is 17.2 Å². The number of ether oxygens (including phenoxy) is 3. The molecule has 0 saturated carbocycles. The molecule has 1 saturated heterocycles. The number of carbonyl (C=O) groups is 2. The van der Waals surface area contributed by atoms with Crippen molar-refractivity contribution in [1.82, 2.24) is 5.16 Å². The van der Waals surface area contributed by atoms with Crippen molar-refractivity contribution >= 4 is 23.3 Å². The summed E-state index contributed by atoms with van der Waals surface area (Å²) in [6.45, 7) is 4.24. The Morgan fingerprint density at radius 3 is 2.46 bits per heavy atom. The van der Waals surface area contributed by atoms with Crippen LogP contribution in [-0.2, 0) is 9.59 Å². The summed E-state index contributed by atoms with van der Waals surface area (Å²) in [5.41, 5.74) is 0.690. The van der Waals surface area contributed by atoms with E-state index in [9.17, 15) is 14.7 Å². The van der Waals surface area contributed by atoms with Crippen molar-refractivity contribution < 1.29 is 33.4 Å². The Morgan fingerprint density at radius 2 is 1.86 bits per heavy atom. The van der Waals surface area contributed by atoms with Crippen LogP contribution in [0, 0.1) is 6.92 Å². The maximum Gasteiger partial charge on any atom is 0.301 e. The van der Waals surface area contributed by atoms with Gasteiger partial charge < -0.3 is 23.8 Å². The molecular weight excluding hydrogens is 452 g/mol. The van der Waals surface area contributed by atoms with Crippen molar-refractivity contribution in [2.75, 3.05) is 25.7 Å². The first-order valence-corrected chi connectivity index (χ1v) is 11.1. The number of amides is 1. The summed E-state index contributed by atoms with van der Waals surface area (Å²) in [4.78, 5) is 27.7. The Hall–Kier alpha value is -4.27. The zero-order valence-electron chi connectivity index (χ0n) is 19.9. The van der Waals surface area contributed by atoms with Crippen LogP contribution >= 0.6 is 0 Å². The van der Waals surface area contributed by atoms with Gasteiger partial charge in [0.1, 0.15) is 23.3 Å². The van der Waals surface area contributed by atoms with Gasteiger partial charge in [-0.3, -0.25) is 14.5 Å². The molecule has 1 aromatic heterocycles. The first-order chi connectivity index (χ1) is 16.9. The zero-order valence-corrected chi connectivity index (χ0v) is 19.9. The SMILES string of the molecule is CCCOc1ccc(/C(O)=C2/C(=O)C(=O)N(c3cc(C)on3)C2c2cccc(OC)c2OC)cc1. The number of methoxy groups -OCH3 is 2. The second kappa shape index (κ2) is 9.92. The Labute approximate surface area is 202 Å². The van der Waals surface area contributed by atoms with Gasteiger partial charge in [0, 0.05) is 17.2 Å². The topological polar surface area (TPSA) is 111 Å². The number of carbonyl (C=O) groups excluding carboxylic acids is 2. The van der Waals surface area contributed by atoms with Gasteiger partial charge in [-0.15, -0.1) is 0 Å². The first-order valence-electron chi connectivity index (χ1n) is 11.1. The van der Waals surface area contributed by atoms with Crippen LogP contribution in [0.25, 0.3) is 5.76 Å². The third-order valence-electron chi connectivity index (χ3n) is 5.64. The van der Waals surface area contributed by atoms with Crippen LogP contribution in [0.3, 0.4) is 0 Å². The molecule has 1 N–H and O–H groups in total. The number of aryl methyl sites for hydroxylation is 1. The van der Waals surface area contributed by atoms with E-state index in [4.69, 9.17) is 18.7 Å². The molecule has 2 aromatic carbocycles. The Morgan fingerprint density at radius 1 is 1.11 bits per heavy atom. The van der Waals surface area contributed by atoms with Crippen molar-refractivity contribution in [2.45, 2.75) is 26.3 Å². The summed E-state index contributed by atoms with van der Waals surface area (Å²) in [5.74, 6) is -0.0775. The summed E-state index contributed by atoms with van der Waals surface area (Å²) in [5, 5.41) is 15.2. The molecule has 2 heterocycles. The van der Waals surface area contributed by atoms with Crippen LogP contribution in [0.15, 0.2) is 58.6 Å². The number of ketones is 1. The molecule has 0 radical (unpaired) electrons. The van der Waals surface area contributed by atoms with Gasteiger partial charge in [-0.1, -0.05) is 24.2 Å². The van der Waals surface area contributed by atoms with E-state index in [1.165, 1.54) is 19.1 Å². The number of benzene rings is 2. The lowest BCUT2D eigenvalue weighted by molar-refractivity contribution is -0.132. The van der Waals surface area contributed by atoms with E-state index in [1.54, 1.807) is 55.5 Å². The smallest absolute Gasteiger partial charge is 0.301 e. The summed E-state index contributed by atoms with van der Waals surface area (Å²) in [7, 11) is 2.95. The summed E-state index contributed by atoms with van der Waals surface area (Å²) >= 11 is 0. The number of hydrogen-bond donors (Lipinski definition) is 1. The predicted molar refractivity (Wildman–Crippen MR) is 128 cm³/mol. The number of rotatable bonds is 8. The molecule has 1 unspecified atom stereocenters. The molecule has 9 nitrogen and oxygen atoms in total. The summed E-state index contributed by atoms with van der Waals surface area (Å²) < 4.78 is 21.8. The van der Waals surface area contributed by atoms with E-state index in [2.05, 4.69) is 5.16 Å². The van der Waals surface area contributed by atoms with E-state index < -0.39 is 17.7 Å². The van der Waals surface area contributed by atoms with Crippen LogP contribution in [0.5, 0.6) is 17.2 Å². The van der Waals surface area contributed by atoms with Crippen molar-refractivity contribution in [3.63, 3.8) is 0 Å². The van der Waals surface area contributed by atoms with E-state index in [1.807, 2.05) is 6.92 Å². The molecular formula is C26H26N2O7. The predicted octanol–water partition coefficient (Wildman–Crippen LogP) is 4.42. The van der Waals surface area contributed by atoms with Crippen molar-refractivity contribution in [3.05, 3.63) is 71.0 Å². The summed E-state index contributed by atoms with van der Waals surface area (Å²) in [6.07, 6.45) is 0.856. The Kier molecular flexibility index (Phi) is 6.77. The third-order valence-corrected chi connectivity index (χ3v) is 5.64. The Balaban J connectivity index is 1.91. The van der Waals surface area contributed by atoms with Gasteiger partial charge in [0.2, 0.25) is 0 Å². The molecule has 4 rings (SSSR count). The fourth-order valence-corrected chi connectivity index (χ4v) is 4.04. The molecule has 9 heteroatoms. The lowest BCUT2D eigenvalue weighted by Crippen LogP contribution is -2.30. The van der Waals surface area contributed by atoms with E-state index in [-0.39, 0.29) is 17.2 Å². The normalized spacial score (nSPS) is 17.0. The molecule has 1 aliphatic heterocycles. The highest BCUT2D eigenvalue weighted by molar-refractivity contribution is 6.51. The second-order valence-corrected chi connectivity index (χ2v) is 7.92. The minimum Gasteiger partial charge on any atom is -0.507 e. The molecule has 3 aromatic rings. The lowest BCUT2D eigenvalue weighted by atomic mass is 9.94. The molecule has 35 heavy (non-hydrogen) atoms. The number of hydrogen-bond acceptors (Lipinski definition) is 8. The molecule has 1 fully saturated rings. The molecule has 0 spiro atoms. The lowest BCUT2D eigenvalue weighted by Gasteiger charge is -2.25. The molecule has 1 atom stereocenters. The average molecular weight is 479 g/mol. The number of aliphatic hydroxyl groups is 1. The standard InChI is InChI=1S/C26H26N2O7/c1-5-13-34-17-11-9-16(10-12-17)23(29)21-22(18-7-6-8-19(32-3)25(18)33-4)28(26(31)24(21)30)20-14-15(2)35-27-20/h6-12,14,22,29H,5,13H2,1-4H3/b23-21-. The number of nitrogens with zero attached hydrogens (tertiary/aromatic N) is 2. The molecule has 0 bridgehead atoms. The van der Waals surface area contributed by atoms with Gasteiger partial charge in [0.05, 0.1) is 26.4 Å². The van der Waals surface area contributed by atoms with Gasteiger partial charge in [-0.25, -0.2) is 0 Å². The minimum atomic E-state index is -1.04. The van der Waals surface area contributed by atoms with E-state index >= 15 is 0 Å². The molecule has 1 amide bonds. The number of anilines is 1. The maximum absolute atomic E-state index is 13.3. The van der Waals surface area contributed by atoms with Gasteiger partial charge in [-0.05, 0) is 43.7 Å². The minimum absolute atomic E-state index is 0.107. The van der Waals surface area contributed by atoms with E-state index in [0.29, 0.717) is 40.7 Å². The highest BCUT2D eigenvalue weighted by Gasteiger charge is 2.49. The molecule has 182 valence electrons. The van der Waals surface area contributed by atoms with Crippen LogP contribution in [0.1, 0.15) is 36.3 Å². The van der Waals surface area contributed by atoms with Gasteiger partial charge in [0.25, 0.3) is 5.78 Å². The quantitative estimate of drug-likeness (QED) is 0.288. The van der Waals surface area contributed by atoms with Crippen LogP contribution in [0.2, 0.25) is 0 Å². The number of para-hydroxylation sites is 1. The zero-order chi connectivity index (χ0) is 25.1. The highest BCUT2D eigenvalue weighted by Crippen LogP contribution is 2.47. The van der Waals surface area contributed by atoms with E-state index in [0.717, 1.165) is 6.42 Å². The van der Waals surface area contributed by atoms with Crippen LogP contribution < -0.4 is 19.1 Å². The van der Waals surface area contributed by atoms with Crippen LogP contribution in [0.4, 0.5) is 5.82 Å². The largest absolute Gasteiger partial charge is 0.507 e. The number of aliphatic hydroxyl groups excluding tert-OH is 1. The first kappa shape index (κ1) is 23.9. The monoisotopic (exact) mass is 478 g/mol. The third kappa shape index (κ3) is 4.32. The van der Waals surface area contributed by atoms with Gasteiger partial charge >= 0.3 is 5.91 Å². The highest BCUT2D eigenvalue weighted by atomic mass is 16.5. The van der Waals surface area contributed by atoms with Gasteiger partial charge in [-0.2, -0.15) is 0 Å². The number of aromatic nitrogens is 1. The Bertz CT molecular complexity index is 1280. The maximum atomic E-state index is 13.3. The second-order valence-electron chi connectivity index (χ2n) is 7.92. The summed E-state index contributed by atoms with van der Waals surface area (Å²) in [6, 6.07) is 12.3. The van der Waals surface area contributed by atoms with Crippen molar-refractivity contribution in [2.24, 2.45) is 0 Å². The fourth-order valence-electron chi connectivity index (χ4n) is 4.04. The number of Topliss-reactive ketones (excluding diaryl/α,β-unsaturated/α-hetero) is 1. The fraction of sp³-hybridized carbons (Fsp3) is 0.269.